The number of nitrogens with one attached hydrogen (secondary N) is 2. The molecular formula is C37H33ClFN7O4. The minimum Gasteiger partial charge on any atom is -0.485 e. The second-order valence-corrected chi connectivity index (χ2v) is 12.9. The molecule has 0 unspecified atom stereocenters. The molecule has 11 nitrogen and oxygen atoms in total. The molecule has 1 amide bonds. The van der Waals surface area contributed by atoms with E-state index in [4.69, 9.17) is 30.8 Å². The fourth-order valence-electron chi connectivity index (χ4n) is 6.77. The summed E-state index contributed by atoms with van der Waals surface area (Å²) in [6.45, 7) is 0.592. The van der Waals surface area contributed by atoms with Gasteiger partial charge in [0.25, 0.3) is 5.91 Å². The van der Waals surface area contributed by atoms with E-state index in [-0.39, 0.29) is 23.8 Å². The summed E-state index contributed by atoms with van der Waals surface area (Å²) in [7, 11) is 0. The summed E-state index contributed by atoms with van der Waals surface area (Å²) in [5.41, 5.74) is 3.62. The minimum absolute atomic E-state index is 0.0970. The number of ether oxygens (including phenoxy) is 3. The van der Waals surface area contributed by atoms with Gasteiger partial charge in [0.05, 0.1) is 36.1 Å². The molecule has 1 saturated carbocycles. The van der Waals surface area contributed by atoms with E-state index in [1.165, 1.54) is 12.4 Å². The molecule has 0 radical (unpaired) electrons. The predicted molar refractivity (Wildman–Crippen MR) is 184 cm³/mol. The molecule has 50 heavy (non-hydrogen) atoms. The third kappa shape index (κ3) is 6.57. The first kappa shape index (κ1) is 32.1. The van der Waals surface area contributed by atoms with Gasteiger partial charge in [0.2, 0.25) is 0 Å². The number of halogens is 2. The average Bonchev–Trinajstić information content (AvgIpc) is 3.82. The van der Waals surface area contributed by atoms with Crippen LogP contribution in [0.4, 0.5) is 4.39 Å². The van der Waals surface area contributed by atoms with Gasteiger partial charge in [0.15, 0.2) is 12.1 Å². The van der Waals surface area contributed by atoms with Crippen LogP contribution in [0.2, 0.25) is 5.02 Å². The fraction of sp³-hybridized carbons (Fsp3) is 0.270. The third-order valence-corrected chi connectivity index (χ3v) is 9.34. The monoisotopic (exact) mass is 693 g/mol. The van der Waals surface area contributed by atoms with E-state index in [2.05, 4.69) is 30.0 Å². The molecule has 3 aromatic carbocycles. The lowest BCUT2D eigenvalue weighted by atomic mass is 9.90. The third-order valence-electron chi connectivity index (χ3n) is 9.10. The van der Waals surface area contributed by atoms with E-state index < -0.39 is 12.4 Å². The number of imidazole rings is 1. The first-order chi connectivity index (χ1) is 24.5. The average molecular weight is 694 g/mol. The summed E-state index contributed by atoms with van der Waals surface area (Å²) in [4.78, 5) is 27.5. The zero-order valence-electron chi connectivity index (χ0n) is 26.8. The van der Waals surface area contributed by atoms with Crippen molar-refractivity contribution in [3.05, 3.63) is 113 Å². The van der Waals surface area contributed by atoms with Gasteiger partial charge in [-0.25, -0.2) is 14.4 Å². The Morgan fingerprint density at radius 1 is 1.00 bits per heavy atom. The molecule has 2 N–H and O–H groups in total. The molecule has 2 aliphatic rings. The summed E-state index contributed by atoms with van der Waals surface area (Å²) in [5.74, 6) is 0.673. The van der Waals surface area contributed by atoms with Crippen LogP contribution in [-0.4, -0.2) is 61.0 Å². The maximum Gasteiger partial charge on any atom is 0.255 e. The molecular weight excluding hydrogens is 661 g/mol. The van der Waals surface area contributed by atoms with Crippen molar-refractivity contribution in [2.75, 3.05) is 13.2 Å². The van der Waals surface area contributed by atoms with E-state index >= 15 is 4.39 Å². The van der Waals surface area contributed by atoms with Gasteiger partial charge in [-0.15, -0.1) is 0 Å². The van der Waals surface area contributed by atoms with Crippen LogP contribution in [0.15, 0.2) is 91.4 Å². The van der Waals surface area contributed by atoms with Gasteiger partial charge in [-0.3, -0.25) is 14.9 Å². The van der Waals surface area contributed by atoms with Crippen molar-refractivity contribution in [2.45, 2.75) is 50.2 Å². The zero-order chi connectivity index (χ0) is 34.0. The van der Waals surface area contributed by atoms with Gasteiger partial charge in [-0.05, 0) is 62.1 Å². The quantitative estimate of drug-likeness (QED) is 0.173. The number of amides is 1. The number of aromatic nitrogens is 6. The normalized spacial score (nSPS) is 20.8. The molecule has 2 fully saturated rings. The number of carbonyl (C=O) groups is 1. The predicted octanol–water partition coefficient (Wildman–Crippen LogP) is 7.08. The van der Waals surface area contributed by atoms with E-state index in [1.54, 1.807) is 42.6 Å². The standard InChI is InChI=1S/C37H33ClFN7O4/c38-23-13-14-33(50-26-19-48-37(49-20-26)22-7-2-1-3-8-22)28(15-23)36(47)43-24-9-6-10-25(16-24)46-32-17-30(34-41-21-42-45-34)40-18-31(32)44-35(46)27-11-4-5-12-29(27)39/h1-5,7-8,11-15,17-18,21,24-26,37H,6,9-10,16,19-20H2,(H,43,47)(H,41,42,45)/t24-,25+,26?,37?/m0/s1. The highest BCUT2D eigenvalue weighted by Crippen LogP contribution is 2.38. The van der Waals surface area contributed by atoms with Crippen LogP contribution < -0.4 is 10.1 Å². The van der Waals surface area contributed by atoms with Gasteiger partial charge in [0, 0.05) is 22.7 Å². The first-order valence-corrected chi connectivity index (χ1v) is 16.9. The first-order valence-electron chi connectivity index (χ1n) is 16.5. The van der Waals surface area contributed by atoms with E-state index in [9.17, 15) is 4.79 Å². The molecule has 0 bridgehead atoms. The second kappa shape index (κ2) is 14.0. The van der Waals surface area contributed by atoms with Gasteiger partial charge >= 0.3 is 0 Å². The molecule has 6 aromatic rings. The van der Waals surface area contributed by atoms with Crippen molar-refractivity contribution < 1.29 is 23.4 Å². The Morgan fingerprint density at radius 2 is 1.82 bits per heavy atom. The van der Waals surface area contributed by atoms with Crippen molar-refractivity contribution in [2.24, 2.45) is 0 Å². The van der Waals surface area contributed by atoms with Crippen molar-refractivity contribution in [1.82, 2.24) is 35.0 Å². The van der Waals surface area contributed by atoms with Crippen LogP contribution in [0.25, 0.3) is 33.9 Å². The molecule has 1 saturated heterocycles. The molecule has 3 aromatic heterocycles. The Kier molecular flexibility index (Phi) is 8.97. The van der Waals surface area contributed by atoms with E-state index in [1.807, 2.05) is 36.4 Å². The Morgan fingerprint density at radius 3 is 2.62 bits per heavy atom. The lowest BCUT2D eigenvalue weighted by molar-refractivity contribution is -0.215. The summed E-state index contributed by atoms with van der Waals surface area (Å²) in [6.07, 6.45) is 5.29. The molecule has 13 heteroatoms. The molecule has 8 rings (SSSR count). The highest BCUT2D eigenvalue weighted by molar-refractivity contribution is 6.31. The fourth-order valence-corrected chi connectivity index (χ4v) is 6.94. The van der Waals surface area contributed by atoms with Crippen LogP contribution in [0.3, 0.4) is 0 Å². The Hall–Kier alpha value is -5.17. The Balaban J connectivity index is 1.03. The highest BCUT2D eigenvalue weighted by atomic mass is 35.5. The van der Waals surface area contributed by atoms with Crippen molar-refractivity contribution in [3.8, 4) is 28.7 Å². The van der Waals surface area contributed by atoms with Gasteiger partial charge in [-0.2, -0.15) is 5.10 Å². The number of nitrogens with zero attached hydrogens (tertiary/aromatic N) is 5. The topological polar surface area (TPSA) is 129 Å². The Labute approximate surface area is 291 Å². The Bertz CT molecular complexity index is 2120. The number of hydrogen-bond acceptors (Lipinski definition) is 8. The lowest BCUT2D eigenvalue weighted by Gasteiger charge is -2.32. The highest BCUT2D eigenvalue weighted by Gasteiger charge is 2.31. The number of rotatable bonds is 8. The number of pyridine rings is 1. The van der Waals surface area contributed by atoms with Gasteiger partial charge < -0.3 is 24.1 Å². The lowest BCUT2D eigenvalue weighted by Crippen LogP contribution is -2.40. The molecule has 0 spiro atoms. The SMILES string of the molecule is O=C(N[C@H]1CCC[C@@H](n2c(-c3ccccc3F)nc3cnc(-c4nc[nH]n4)cc32)C1)c1cc(Cl)ccc1OC1COC(c2ccccc2)OC1. The van der Waals surface area contributed by atoms with Gasteiger partial charge in [0.1, 0.15) is 41.0 Å². The summed E-state index contributed by atoms with van der Waals surface area (Å²) in [6, 6.07) is 22.9. The zero-order valence-corrected chi connectivity index (χ0v) is 27.6. The van der Waals surface area contributed by atoms with Crippen LogP contribution in [0.5, 0.6) is 5.75 Å². The number of hydrogen-bond donors (Lipinski definition) is 2. The van der Waals surface area contributed by atoms with Crippen LogP contribution in [0.1, 0.15) is 53.9 Å². The van der Waals surface area contributed by atoms with Gasteiger partial charge in [-0.1, -0.05) is 54.1 Å². The maximum atomic E-state index is 15.2. The minimum atomic E-state index is -0.473. The maximum absolute atomic E-state index is 15.2. The summed E-state index contributed by atoms with van der Waals surface area (Å²) >= 11 is 6.38. The van der Waals surface area contributed by atoms with Crippen LogP contribution >= 0.6 is 11.6 Å². The number of H-pyrrole nitrogens is 1. The van der Waals surface area contributed by atoms with E-state index in [0.29, 0.717) is 64.4 Å². The number of carbonyl (C=O) groups excluding carboxylic acids is 1. The summed E-state index contributed by atoms with van der Waals surface area (Å²) in [5, 5.41) is 10.6. The smallest absolute Gasteiger partial charge is 0.255 e. The number of benzene rings is 3. The molecule has 2 atom stereocenters. The number of fused-ring (bicyclic) bond motifs is 1. The van der Waals surface area contributed by atoms with Crippen molar-refractivity contribution in [1.29, 1.82) is 0 Å². The van der Waals surface area contributed by atoms with Crippen molar-refractivity contribution >= 4 is 28.5 Å². The molecule has 4 heterocycles. The van der Waals surface area contributed by atoms with E-state index in [0.717, 1.165) is 30.3 Å². The van der Waals surface area contributed by atoms with Crippen LogP contribution in [0, 0.1) is 5.82 Å². The summed E-state index contributed by atoms with van der Waals surface area (Å²) < 4.78 is 35.4. The van der Waals surface area contributed by atoms with Crippen molar-refractivity contribution in [3.63, 3.8) is 0 Å². The number of aromatic amines is 1. The van der Waals surface area contributed by atoms with Crippen LogP contribution in [-0.2, 0) is 9.47 Å². The second-order valence-electron chi connectivity index (χ2n) is 12.4. The molecule has 1 aliphatic heterocycles. The largest absolute Gasteiger partial charge is 0.485 e. The molecule has 1 aliphatic carbocycles. The molecule has 254 valence electrons.